The van der Waals surface area contributed by atoms with Crippen LogP contribution in [0.2, 0.25) is 0 Å². The van der Waals surface area contributed by atoms with E-state index < -0.39 is 27.9 Å². The highest BCUT2D eigenvalue weighted by atomic mass is 32.2. The molecular weight excluding hydrogens is 314 g/mol. The summed E-state index contributed by atoms with van der Waals surface area (Å²) < 4.78 is 35.8. The lowest BCUT2D eigenvalue weighted by Crippen LogP contribution is -2.29. The lowest BCUT2D eigenvalue weighted by molar-refractivity contribution is -0.142. The molecule has 9 heteroatoms. The molecule has 1 aliphatic rings. The first-order valence-corrected chi connectivity index (χ1v) is 8.04. The van der Waals surface area contributed by atoms with Crippen LogP contribution in [0.15, 0.2) is 15.6 Å². The van der Waals surface area contributed by atoms with Crippen LogP contribution in [0, 0.1) is 18.8 Å². The largest absolute Gasteiger partial charge is 0.481 e. The van der Waals surface area contributed by atoms with E-state index >= 15 is 0 Å². The van der Waals surface area contributed by atoms with Gasteiger partial charge in [0.2, 0.25) is 5.09 Å². The van der Waals surface area contributed by atoms with Gasteiger partial charge in [-0.2, -0.15) is 4.31 Å². The summed E-state index contributed by atoms with van der Waals surface area (Å²) in [7, 11) is -2.80. The summed E-state index contributed by atoms with van der Waals surface area (Å²) in [6, 6.07) is 1.11. The molecule has 1 N–H and O–H groups in total. The minimum absolute atomic E-state index is 0.0307. The Balaban J connectivity index is 2.32. The molecule has 0 unspecified atom stereocenters. The number of hydrogen-bond acceptors (Lipinski definition) is 6. The van der Waals surface area contributed by atoms with Crippen molar-refractivity contribution in [3.63, 3.8) is 0 Å². The van der Waals surface area contributed by atoms with Gasteiger partial charge in [-0.15, -0.1) is 0 Å². The molecule has 1 aliphatic heterocycles. The van der Waals surface area contributed by atoms with E-state index in [1.165, 1.54) is 14.0 Å². The topological polar surface area (TPSA) is 114 Å². The fraction of sp³-hybridized carbons (Fsp3) is 0.538. The van der Waals surface area contributed by atoms with Crippen LogP contribution in [0.4, 0.5) is 0 Å². The third-order valence-corrected chi connectivity index (χ3v) is 5.48. The molecule has 22 heavy (non-hydrogen) atoms. The maximum Gasteiger partial charge on any atom is 0.341 e. The van der Waals surface area contributed by atoms with Crippen molar-refractivity contribution in [3.05, 3.63) is 17.4 Å². The van der Waals surface area contributed by atoms with Crippen LogP contribution in [0.25, 0.3) is 0 Å². The third-order valence-electron chi connectivity index (χ3n) is 3.79. The lowest BCUT2D eigenvalue weighted by Gasteiger charge is -2.13. The second-order valence-electron chi connectivity index (χ2n) is 5.27. The second-order valence-corrected chi connectivity index (χ2v) is 7.14. The molecule has 1 aromatic rings. The maximum atomic E-state index is 12.5. The van der Waals surface area contributed by atoms with E-state index in [9.17, 15) is 18.0 Å². The quantitative estimate of drug-likeness (QED) is 0.808. The molecule has 8 nitrogen and oxygen atoms in total. The molecule has 2 atom stereocenters. The number of esters is 1. The van der Waals surface area contributed by atoms with E-state index in [1.54, 1.807) is 6.92 Å². The van der Waals surface area contributed by atoms with Crippen molar-refractivity contribution in [3.8, 4) is 0 Å². The molecular formula is C13H17NO7S. The molecule has 2 heterocycles. The number of carboxylic acid groups (broad SMARTS) is 1. The average molecular weight is 331 g/mol. The Morgan fingerprint density at radius 1 is 1.41 bits per heavy atom. The highest BCUT2D eigenvalue weighted by Gasteiger charge is 2.42. The van der Waals surface area contributed by atoms with Gasteiger partial charge in [0, 0.05) is 19.2 Å². The Morgan fingerprint density at radius 3 is 2.55 bits per heavy atom. The maximum absolute atomic E-state index is 12.5. The van der Waals surface area contributed by atoms with Gasteiger partial charge in [-0.1, -0.05) is 6.92 Å². The Bertz CT molecular complexity index is 706. The molecule has 0 aliphatic carbocycles. The van der Waals surface area contributed by atoms with Crippen molar-refractivity contribution < 1.29 is 32.3 Å². The van der Waals surface area contributed by atoms with E-state index in [0.717, 1.165) is 10.4 Å². The van der Waals surface area contributed by atoms with Crippen molar-refractivity contribution in [2.75, 3.05) is 20.2 Å². The average Bonchev–Trinajstić information content (AvgIpc) is 3.02. The molecule has 0 bridgehead atoms. The molecule has 0 aromatic carbocycles. The van der Waals surface area contributed by atoms with Crippen LogP contribution >= 0.6 is 0 Å². The van der Waals surface area contributed by atoms with Crippen LogP contribution in [0.1, 0.15) is 23.0 Å². The first-order chi connectivity index (χ1) is 10.2. The standard InChI is InChI=1S/C13H17NO7S/c1-7-5-14(6-10(7)12(15)16)22(18,19)11-4-9(8(2)21-11)13(17)20-3/h4,7,10H,5-6H2,1-3H3,(H,15,16)/t7-,10-/m1/s1. The summed E-state index contributed by atoms with van der Waals surface area (Å²) in [5.74, 6) is -2.65. The lowest BCUT2D eigenvalue weighted by atomic mass is 9.99. The van der Waals surface area contributed by atoms with Gasteiger partial charge in [0.05, 0.1) is 13.0 Å². The number of furan rings is 1. The summed E-state index contributed by atoms with van der Waals surface area (Å²) >= 11 is 0. The Morgan fingerprint density at radius 2 is 2.05 bits per heavy atom. The highest BCUT2D eigenvalue weighted by molar-refractivity contribution is 7.89. The zero-order valence-corrected chi connectivity index (χ0v) is 13.2. The number of carbonyl (C=O) groups is 2. The van der Waals surface area contributed by atoms with Gasteiger partial charge in [0.15, 0.2) is 0 Å². The number of sulfonamides is 1. The molecule has 1 fully saturated rings. The molecule has 0 spiro atoms. The second kappa shape index (κ2) is 5.73. The predicted molar refractivity (Wildman–Crippen MR) is 73.8 cm³/mol. The minimum Gasteiger partial charge on any atom is -0.481 e. The normalized spacial score (nSPS) is 22.7. The number of aliphatic carboxylic acids is 1. The fourth-order valence-corrected chi connectivity index (χ4v) is 4.00. The number of rotatable bonds is 4. The monoisotopic (exact) mass is 331 g/mol. The van der Waals surface area contributed by atoms with Gasteiger partial charge in [0.1, 0.15) is 11.3 Å². The summed E-state index contributed by atoms with van der Waals surface area (Å²) in [4.78, 5) is 22.6. The number of carboxylic acids is 1. The first-order valence-electron chi connectivity index (χ1n) is 6.60. The summed E-state index contributed by atoms with van der Waals surface area (Å²) in [5.41, 5.74) is 0.0307. The molecule has 2 rings (SSSR count). The van der Waals surface area contributed by atoms with E-state index in [1.807, 2.05) is 0 Å². The predicted octanol–water partition coefficient (Wildman–Crippen LogP) is 0.716. The highest BCUT2D eigenvalue weighted by Crippen LogP contribution is 2.30. The molecule has 1 aromatic heterocycles. The van der Waals surface area contributed by atoms with Gasteiger partial charge < -0.3 is 14.3 Å². The Kier molecular flexibility index (Phi) is 4.30. The van der Waals surface area contributed by atoms with Crippen molar-refractivity contribution in [1.82, 2.24) is 4.31 Å². The molecule has 0 amide bonds. The summed E-state index contributed by atoms with van der Waals surface area (Å²) in [6.45, 7) is 3.11. The zero-order chi connectivity index (χ0) is 16.7. The van der Waals surface area contributed by atoms with Crippen LogP contribution < -0.4 is 0 Å². The SMILES string of the molecule is COC(=O)c1cc(S(=O)(=O)N2C[C@@H](C)[C@H](C(=O)O)C2)oc1C. The van der Waals surface area contributed by atoms with E-state index in [-0.39, 0.29) is 35.4 Å². The van der Waals surface area contributed by atoms with Gasteiger partial charge >= 0.3 is 11.9 Å². The van der Waals surface area contributed by atoms with Crippen molar-refractivity contribution in [2.45, 2.75) is 18.9 Å². The third kappa shape index (κ3) is 2.73. The first kappa shape index (κ1) is 16.5. The number of aryl methyl sites for hydroxylation is 1. The Hall–Kier alpha value is -1.87. The van der Waals surface area contributed by atoms with Gasteiger partial charge in [-0.25, -0.2) is 13.2 Å². The van der Waals surface area contributed by atoms with Gasteiger partial charge in [-0.3, -0.25) is 4.79 Å². The van der Waals surface area contributed by atoms with Crippen LogP contribution in [0.5, 0.6) is 0 Å². The van der Waals surface area contributed by atoms with Crippen molar-refractivity contribution in [1.29, 1.82) is 0 Å². The van der Waals surface area contributed by atoms with Crippen LogP contribution in [0.3, 0.4) is 0 Å². The number of ether oxygens (including phenoxy) is 1. The van der Waals surface area contributed by atoms with Crippen LogP contribution in [-0.4, -0.2) is 50.0 Å². The zero-order valence-electron chi connectivity index (χ0n) is 12.4. The molecule has 0 radical (unpaired) electrons. The van der Waals surface area contributed by atoms with E-state index in [4.69, 9.17) is 9.52 Å². The van der Waals surface area contributed by atoms with Crippen molar-refractivity contribution in [2.24, 2.45) is 11.8 Å². The number of methoxy groups -OCH3 is 1. The minimum atomic E-state index is -3.99. The van der Waals surface area contributed by atoms with Gasteiger partial charge in [-0.05, 0) is 12.8 Å². The smallest absolute Gasteiger partial charge is 0.341 e. The summed E-state index contributed by atoms with van der Waals surface area (Å²) in [5, 5.41) is 8.70. The van der Waals surface area contributed by atoms with Crippen molar-refractivity contribution >= 4 is 22.0 Å². The number of hydrogen-bond donors (Lipinski definition) is 1. The number of nitrogens with zero attached hydrogens (tertiary/aromatic N) is 1. The molecule has 0 saturated carbocycles. The molecule has 122 valence electrons. The fourth-order valence-electron chi connectivity index (χ4n) is 2.46. The molecule has 1 saturated heterocycles. The number of carbonyl (C=O) groups excluding carboxylic acids is 1. The summed E-state index contributed by atoms with van der Waals surface area (Å²) in [6.07, 6.45) is 0. The van der Waals surface area contributed by atoms with E-state index in [0.29, 0.717) is 0 Å². The Labute approximate surface area is 127 Å². The van der Waals surface area contributed by atoms with Crippen LogP contribution in [-0.2, 0) is 19.6 Å². The van der Waals surface area contributed by atoms with E-state index in [2.05, 4.69) is 4.74 Å². The van der Waals surface area contributed by atoms with Gasteiger partial charge in [0.25, 0.3) is 10.0 Å².